The van der Waals surface area contributed by atoms with Crippen molar-refractivity contribution in [3.8, 4) is 11.3 Å². The summed E-state index contributed by atoms with van der Waals surface area (Å²) < 4.78 is 0. The molecule has 0 bridgehead atoms. The molecule has 0 saturated heterocycles. The first kappa shape index (κ1) is 17.9. The second kappa shape index (κ2) is 7.61. The standard InChI is InChI=1S/C20H17N5O2S/c1-25(19(27)15-10-22-16-7-3-2-6-14(15)16)11-18(26)24-20-23-17(12-28-20)13-5-4-8-21-9-13/h2-10,12,22H,11H2,1H3,(H,23,24,26). The minimum Gasteiger partial charge on any atom is -0.360 e. The van der Waals surface area contributed by atoms with E-state index in [0.717, 1.165) is 22.2 Å². The Balaban J connectivity index is 1.41. The van der Waals surface area contributed by atoms with E-state index >= 15 is 0 Å². The van der Waals surface area contributed by atoms with Gasteiger partial charge in [-0.2, -0.15) is 0 Å². The molecule has 140 valence electrons. The highest BCUT2D eigenvalue weighted by Crippen LogP contribution is 2.24. The van der Waals surface area contributed by atoms with E-state index in [1.807, 2.05) is 41.8 Å². The van der Waals surface area contributed by atoms with E-state index in [4.69, 9.17) is 0 Å². The number of amides is 2. The molecule has 7 nitrogen and oxygen atoms in total. The fourth-order valence-corrected chi connectivity index (χ4v) is 3.61. The number of likely N-dealkylation sites (N-methyl/N-ethyl adjacent to an activating group) is 1. The van der Waals surface area contributed by atoms with Gasteiger partial charge in [0.25, 0.3) is 5.91 Å². The molecule has 0 fully saturated rings. The minimum atomic E-state index is -0.303. The number of pyridine rings is 1. The maximum atomic E-state index is 12.7. The molecule has 0 spiro atoms. The third-order valence-corrected chi connectivity index (χ3v) is 5.01. The molecule has 2 amide bonds. The molecule has 28 heavy (non-hydrogen) atoms. The number of anilines is 1. The predicted molar refractivity (Wildman–Crippen MR) is 109 cm³/mol. The maximum absolute atomic E-state index is 12.7. The number of nitrogens with one attached hydrogen (secondary N) is 2. The van der Waals surface area contributed by atoms with Crippen LogP contribution in [-0.4, -0.2) is 45.3 Å². The number of benzene rings is 1. The van der Waals surface area contributed by atoms with Crippen molar-refractivity contribution in [2.75, 3.05) is 18.9 Å². The second-order valence-electron chi connectivity index (χ2n) is 6.24. The van der Waals surface area contributed by atoms with Crippen molar-refractivity contribution in [2.24, 2.45) is 0 Å². The Bertz CT molecular complexity index is 1140. The number of H-pyrrole nitrogens is 1. The molecule has 0 saturated carbocycles. The van der Waals surface area contributed by atoms with Crippen molar-refractivity contribution in [2.45, 2.75) is 0 Å². The number of thiazole rings is 1. The summed E-state index contributed by atoms with van der Waals surface area (Å²) in [5, 5.41) is 5.92. The predicted octanol–water partition coefficient (Wildman–Crippen LogP) is 3.40. The summed E-state index contributed by atoms with van der Waals surface area (Å²) in [6, 6.07) is 11.3. The number of nitrogens with zero attached hydrogens (tertiary/aromatic N) is 3. The monoisotopic (exact) mass is 391 g/mol. The van der Waals surface area contributed by atoms with Crippen LogP contribution in [0.15, 0.2) is 60.4 Å². The van der Waals surface area contributed by atoms with Gasteiger partial charge in [-0.3, -0.25) is 14.6 Å². The van der Waals surface area contributed by atoms with Gasteiger partial charge >= 0.3 is 0 Å². The highest BCUT2D eigenvalue weighted by molar-refractivity contribution is 7.14. The molecular formula is C20H17N5O2S. The van der Waals surface area contributed by atoms with Gasteiger partial charge in [0, 0.05) is 47.5 Å². The topological polar surface area (TPSA) is 91.0 Å². The Morgan fingerprint density at radius 1 is 1.21 bits per heavy atom. The molecule has 3 aromatic heterocycles. The zero-order chi connectivity index (χ0) is 19.5. The largest absolute Gasteiger partial charge is 0.360 e. The molecule has 4 aromatic rings. The fourth-order valence-electron chi connectivity index (χ4n) is 2.88. The van der Waals surface area contributed by atoms with Crippen LogP contribution >= 0.6 is 11.3 Å². The average molecular weight is 391 g/mol. The van der Waals surface area contributed by atoms with E-state index in [1.165, 1.54) is 16.2 Å². The number of hydrogen-bond acceptors (Lipinski definition) is 5. The Morgan fingerprint density at radius 3 is 2.89 bits per heavy atom. The summed E-state index contributed by atoms with van der Waals surface area (Å²) in [5.41, 5.74) is 3.05. The van der Waals surface area contributed by atoms with E-state index in [1.54, 1.807) is 25.6 Å². The Kier molecular flexibility index (Phi) is 4.86. The Labute approximate surface area is 165 Å². The van der Waals surface area contributed by atoms with E-state index in [9.17, 15) is 9.59 Å². The van der Waals surface area contributed by atoms with Crippen molar-refractivity contribution >= 4 is 39.2 Å². The summed E-state index contributed by atoms with van der Waals surface area (Å²) >= 11 is 1.33. The van der Waals surface area contributed by atoms with Crippen LogP contribution in [0.5, 0.6) is 0 Å². The van der Waals surface area contributed by atoms with Crippen LogP contribution in [0.1, 0.15) is 10.4 Å². The van der Waals surface area contributed by atoms with E-state index in [0.29, 0.717) is 10.7 Å². The van der Waals surface area contributed by atoms with Crippen LogP contribution in [0.2, 0.25) is 0 Å². The molecule has 8 heteroatoms. The van der Waals surface area contributed by atoms with E-state index in [-0.39, 0.29) is 18.4 Å². The van der Waals surface area contributed by atoms with Crippen LogP contribution in [0.25, 0.3) is 22.2 Å². The van der Waals surface area contributed by atoms with Gasteiger partial charge in [0.15, 0.2) is 5.13 Å². The quantitative estimate of drug-likeness (QED) is 0.545. The molecule has 0 aliphatic carbocycles. The van der Waals surface area contributed by atoms with Gasteiger partial charge in [0.1, 0.15) is 0 Å². The van der Waals surface area contributed by atoms with Crippen LogP contribution in [0.3, 0.4) is 0 Å². The van der Waals surface area contributed by atoms with Gasteiger partial charge in [-0.25, -0.2) is 4.98 Å². The number of carbonyl (C=O) groups is 2. The molecular weight excluding hydrogens is 374 g/mol. The summed E-state index contributed by atoms with van der Waals surface area (Å²) in [5.74, 6) is -0.523. The molecule has 0 aliphatic heterocycles. The average Bonchev–Trinajstić information content (AvgIpc) is 3.35. The lowest BCUT2D eigenvalue weighted by atomic mass is 10.1. The summed E-state index contributed by atoms with van der Waals surface area (Å²) in [6.07, 6.45) is 5.08. The van der Waals surface area contributed by atoms with Gasteiger partial charge in [-0.1, -0.05) is 18.2 Å². The van der Waals surface area contributed by atoms with Crippen LogP contribution in [0, 0.1) is 0 Å². The van der Waals surface area contributed by atoms with Crippen LogP contribution < -0.4 is 5.32 Å². The number of aromatic amines is 1. The minimum absolute atomic E-state index is 0.0693. The van der Waals surface area contributed by atoms with Crippen molar-refractivity contribution < 1.29 is 9.59 Å². The second-order valence-corrected chi connectivity index (χ2v) is 7.10. The molecule has 0 aliphatic rings. The number of hydrogen-bond donors (Lipinski definition) is 2. The first-order valence-corrected chi connectivity index (χ1v) is 9.47. The molecule has 1 aromatic carbocycles. The van der Waals surface area contributed by atoms with Crippen molar-refractivity contribution in [1.82, 2.24) is 19.9 Å². The van der Waals surface area contributed by atoms with Gasteiger partial charge in [0.05, 0.1) is 17.8 Å². The SMILES string of the molecule is CN(CC(=O)Nc1nc(-c2cccnc2)cs1)C(=O)c1c[nH]c2ccccc12. The molecule has 2 N–H and O–H groups in total. The van der Waals surface area contributed by atoms with E-state index < -0.39 is 0 Å². The summed E-state index contributed by atoms with van der Waals surface area (Å²) in [7, 11) is 1.60. The van der Waals surface area contributed by atoms with Crippen LogP contribution in [-0.2, 0) is 4.79 Å². The normalized spacial score (nSPS) is 10.8. The van der Waals surface area contributed by atoms with Crippen molar-refractivity contribution in [3.05, 3.63) is 65.9 Å². The number of rotatable bonds is 5. The summed E-state index contributed by atoms with van der Waals surface area (Å²) in [4.78, 5) is 38.0. The fraction of sp³-hybridized carbons (Fsp3) is 0.100. The Hall–Kier alpha value is -3.52. The van der Waals surface area contributed by atoms with E-state index in [2.05, 4.69) is 20.3 Å². The molecule has 0 atom stereocenters. The third-order valence-electron chi connectivity index (χ3n) is 4.25. The number of para-hydroxylation sites is 1. The van der Waals surface area contributed by atoms with Crippen molar-refractivity contribution in [1.29, 1.82) is 0 Å². The summed E-state index contributed by atoms with van der Waals surface area (Å²) in [6.45, 7) is -0.0693. The lowest BCUT2D eigenvalue weighted by Gasteiger charge is -2.15. The lowest BCUT2D eigenvalue weighted by molar-refractivity contribution is -0.116. The molecule has 0 unspecified atom stereocenters. The third kappa shape index (κ3) is 3.63. The molecule has 3 heterocycles. The number of carbonyl (C=O) groups excluding carboxylic acids is 2. The highest BCUT2D eigenvalue weighted by atomic mass is 32.1. The van der Waals surface area contributed by atoms with Gasteiger partial charge in [-0.15, -0.1) is 11.3 Å². The first-order chi connectivity index (χ1) is 13.6. The number of aromatic nitrogens is 3. The zero-order valence-corrected chi connectivity index (χ0v) is 15.9. The zero-order valence-electron chi connectivity index (χ0n) is 15.0. The smallest absolute Gasteiger partial charge is 0.256 e. The Morgan fingerprint density at radius 2 is 2.07 bits per heavy atom. The first-order valence-electron chi connectivity index (χ1n) is 8.59. The van der Waals surface area contributed by atoms with Gasteiger partial charge in [0.2, 0.25) is 5.91 Å². The molecule has 4 rings (SSSR count). The highest BCUT2D eigenvalue weighted by Gasteiger charge is 2.19. The molecule has 0 radical (unpaired) electrons. The lowest BCUT2D eigenvalue weighted by Crippen LogP contribution is -2.34. The van der Waals surface area contributed by atoms with Gasteiger partial charge in [-0.05, 0) is 18.2 Å². The maximum Gasteiger partial charge on any atom is 0.256 e. The van der Waals surface area contributed by atoms with Crippen molar-refractivity contribution in [3.63, 3.8) is 0 Å². The van der Waals surface area contributed by atoms with Gasteiger partial charge < -0.3 is 15.2 Å². The number of fused-ring (bicyclic) bond motifs is 1. The van der Waals surface area contributed by atoms with Crippen LogP contribution in [0.4, 0.5) is 5.13 Å².